The second kappa shape index (κ2) is 9.54. The number of aromatic nitrogens is 2. The third-order valence-corrected chi connectivity index (χ3v) is 4.28. The van der Waals surface area contributed by atoms with Crippen molar-refractivity contribution in [2.45, 2.75) is 12.8 Å². The molecule has 0 unspecified atom stereocenters. The number of anilines is 1. The molecule has 140 valence electrons. The number of halogens is 3. The Labute approximate surface area is 157 Å². The molecule has 1 aromatic carbocycles. The van der Waals surface area contributed by atoms with Gasteiger partial charge in [-0.15, -0.1) is 12.4 Å². The van der Waals surface area contributed by atoms with Crippen LogP contribution in [0, 0.1) is 11.6 Å². The van der Waals surface area contributed by atoms with E-state index in [1.165, 1.54) is 24.5 Å². The molecular formula is C18H21ClF2N4O. The quantitative estimate of drug-likeness (QED) is 0.768. The maximum atomic E-state index is 12.9. The molecule has 0 amide bonds. The van der Waals surface area contributed by atoms with Gasteiger partial charge in [-0.2, -0.15) is 0 Å². The zero-order chi connectivity index (χ0) is 17.6. The first-order chi connectivity index (χ1) is 12.1. The molecule has 0 aliphatic carbocycles. The van der Waals surface area contributed by atoms with Crippen LogP contribution in [0.25, 0.3) is 0 Å². The number of benzene rings is 1. The summed E-state index contributed by atoms with van der Waals surface area (Å²) in [6.45, 7) is 3.82. The van der Waals surface area contributed by atoms with Crippen LogP contribution in [0.1, 0.15) is 12.0 Å². The average molecular weight is 383 g/mol. The van der Waals surface area contributed by atoms with E-state index in [0.29, 0.717) is 25.3 Å². The molecule has 0 bridgehead atoms. The van der Waals surface area contributed by atoms with Gasteiger partial charge in [0.05, 0.1) is 12.4 Å². The fourth-order valence-corrected chi connectivity index (χ4v) is 2.84. The molecule has 1 aliphatic rings. The number of hydrogen-bond acceptors (Lipinski definition) is 5. The zero-order valence-corrected chi connectivity index (χ0v) is 15.1. The van der Waals surface area contributed by atoms with E-state index in [4.69, 9.17) is 0 Å². The second-order valence-corrected chi connectivity index (χ2v) is 6.12. The lowest BCUT2D eigenvalue weighted by molar-refractivity contribution is -0.118. The van der Waals surface area contributed by atoms with Crippen LogP contribution in [0.15, 0.2) is 36.7 Å². The van der Waals surface area contributed by atoms with Gasteiger partial charge in [0.1, 0.15) is 11.6 Å². The van der Waals surface area contributed by atoms with Crippen LogP contribution >= 0.6 is 12.4 Å². The number of carbonyl (C=O) groups is 1. The van der Waals surface area contributed by atoms with Gasteiger partial charge in [-0.1, -0.05) is 12.1 Å². The molecule has 0 saturated carbocycles. The summed E-state index contributed by atoms with van der Waals surface area (Å²) in [7, 11) is 0. The molecule has 0 N–H and O–H groups in total. The smallest absolute Gasteiger partial charge is 0.225 e. The minimum Gasteiger partial charge on any atom is -0.338 e. The van der Waals surface area contributed by atoms with Crippen LogP contribution in [0.3, 0.4) is 0 Å². The Bertz CT molecular complexity index is 704. The van der Waals surface area contributed by atoms with E-state index in [1.807, 2.05) is 4.90 Å². The van der Waals surface area contributed by atoms with E-state index < -0.39 is 5.82 Å². The Morgan fingerprint density at radius 2 is 1.58 bits per heavy atom. The molecule has 0 radical (unpaired) electrons. The lowest BCUT2D eigenvalue weighted by atomic mass is 10.1. The summed E-state index contributed by atoms with van der Waals surface area (Å²) >= 11 is 0. The van der Waals surface area contributed by atoms with Crippen molar-refractivity contribution in [2.75, 3.05) is 37.6 Å². The van der Waals surface area contributed by atoms with Crippen LogP contribution in [0.2, 0.25) is 0 Å². The number of rotatable bonds is 6. The summed E-state index contributed by atoms with van der Waals surface area (Å²) in [6, 6.07) is 6.04. The molecule has 2 aromatic rings. The first-order valence-electron chi connectivity index (χ1n) is 8.31. The standard InChI is InChI=1S/C18H20F2N4O.ClH/c19-15-3-1-14(2-4-15)11-17(25)5-6-23-7-9-24(10-8-23)18-21-12-16(20)13-22-18;/h1-4,12-13H,5-11H2;1H. The van der Waals surface area contributed by atoms with Crippen LogP contribution in [0.4, 0.5) is 14.7 Å². The van der Waals surface area contributed by atoms with Gasteiger partial charge < -0.3 is 4.90 Å². The van der Waals surface area contributed by atoms with Gasteiger partial charge in [-0.05, 0) is 17.7 Å². The van der Waals surface area contributed by atoms with Crippen molar-refractivity contribution in [1.29, 1.82) is 0 Å². The summed E-state index contributed by atoms with van der Waals surface area (Å²) in [4.78, 5) is 24.3. The fraction of sp³-hybridized carbons (Fsp3) is 0.389. The Kier molecular flexibility index (Phi) is 7.41. The molecule has 1 aromatic heterocycles. The van der Waals surface area contributed by atoms with Crippen molar-refractivity contribution >= 4 is 24.1 Å². The third kappa shape index (κ3) is 5.71. The van der Waals surface area contributed by atoms with Crippen LogP contribution < -0.4 is 4.90 Å². The maximum absolute atomic E-state index is 12.9. The van der Waals surface area contributed by atoms with E-state index in [1.54, 1.807) is 12.1 Å². The summed E-state index contributed by atoms with van der Waals surface area (Å²) < 4.78 is 25.7. The van der Waals surface area contributed by atoms with Crippen molar-refractivity contribution in [3.8, 4) is 0 Å². The summed E-state index contributed by atoms with van der Waals surface area (Å²) in [5.74, 6) is -0.0504. The summed E-state index contributed by atoms with van der Waals surface area (Å²) in [5, 5.41) is 0. The van der Waals surface area contributed by atoms with Gasteiger partial charge in [-0.25, -0.2) is 18.7 Å². The van der Waals surface area contributed by atoms with E-state index in [0.717, 1.165) is 31.7 Å². The lowest BCUT2D eigenvalue weighted by Gasteiger charge is -2.34. The number of hydrogen-bond donors (Lipinski definition) is 0. The maximum Gasteiger partial charge on any atom is 0.225 e. The minimum absolute atomic E-state index is 0. The van der Waals surface area contributed by atoms with Crippen molar-refractivity contribution in [2.24, 2.45) is 0 Å². The summed E-state index contributed by atoms with van der Waals surface area (Å²) in [5.41, 5.74) is 0.838. The molecule has 1 saturated heterocycles. The number of carbonyl (C=O) groups excluding carboxylic acids is 1. The van der Waals surface area contributed by atoms with Crippen molar-refractivity contribution in [3.05, 3.63) is 53.9 Å². The number of ketones is 1. The third-order valence-electron chi connectivity index (χ3n) is 4.28. The zero-order valence-electron chi connectivity index (χ0n) is 14.3. The Morgan fingerprint density at radius 3 is 2.19 bits per heavy atom. The largest absolute Gasteiger partial charge is 0.338 e. The highest BCUT2D eigenvalue weighted by Crippen LogP contribution is 2.11. The molecule has 8 heteroatoms. The first kappa shape index (κ1) is 20.2. The van der Waals surface area contributed by atoms with Crippen molar-refractivity contribution < 1.29 is 13.6 Å². The molecule has 2 heterocycles. The number of nitrogens with zero attached hydrogens (tertiary/aromatic N) is 4. The highest BCUT2D eigenvalue weighted by Gasteiger charge is 2.19. The predicted molar refractivity (Wildman–Crippen MR) is 97.6 cm³/mol. The molecule has 0 atom stereocenters. The van der Waals surface area contributed by atoms with E-state index in [-0.39, 0.29) is 24.0 Å². The first-order valence-corrected chi connectivity index (χ1v) is 8.31. The van der Waals surface area contributed by atoms with E-state index in [2.05, 4.69) is 14.9 Å². The molecule has 1 fully saturated rings. The Balaban J connectivity index is 0.00000243. The van der Waals surface area contributed by atoms with Crippen LogP contribution in [-0.2, 0) is 11.2 Å². The van der Waals surface area contributed by atoms with Gasteiger partial charge in [0.25, 0.3) is 0 Å². The highest BCUT2D eigenvalue weighted by molar-refractivity contribution is 5.85. The SMILES string of the molecule is Cl.O=C(CCN1CCN(c2ncc(F)cn2)CC1)Cc1ccc(F)cc1. The van der Waals surface area contributed by atoms with E-state index >= 15 is 0 Å². The normalized spacial score (nSPS) is 14.8. The molecule has 3 rings (SSSR count). The number of Topliss-reactive ketones (excluding diaryl/α,β-unsaturated/α-hetero) is 1. The Morgan fingerprint density at radius 1 is 0.962 bits per heavy atom. The van der Waals surface area contributed by atoms with Crippen molar-refractivity contribution in [3.63, 3.8) is 0 Å². The van der Waals surface area contributed by atoms with Gasteiger partial charge in [0.15, 0.2) is 5.82 Å². The van der Waals surface area contributed by atoms with E-state index in [9.17, 15) is 13.6 Å². The number of piperazine rings is 1. The van der Waals surface area contributed by atoms with Gasteiger partial charge in [0, 0.05) is 45.6 Å². The molecule has 1 aliphatic heterocycles. The highest BCUT2D eigenvalue weighted by atomic mass is 35.5. The summed E-state index contributed by atoms with van der Waals surface area (Å²) in [6.07, 6.45) is 3.15. The molecule has 26 heavy (non-hydrogen) atoms. The lowest BCUT2D eigenvalue weighted by Crippen LogP contribution is -2.47. The predicted octanol–water partition coefficient (Wildman–Crippen LogP) is 2.50. The second-order valence-electron chi connectivity index (χ2n) is 6.12. The average Bonchev–Trinajstić information content (AvgIpc) is 2.63. The van der Waals surface area contributed by atoms with Crippen molar-refractivity contribution in [1.82, 2.24) is 14.9 Å². The monoisotopic (exact) mass is 382 g/mol. The van der Waals surface area contributed by atoms with Gasteiger partial charge >= 0.3 is 0 Å². The van der Waals surface area contributed by atoms with Gasteiger partial charge in [0.2, 0.25) is 5.95 Å². The topological polar surface area (TPSA) is 49.3 Å². The molecule has 0 spiro atoms. The van der Waals surface area contributed by atoms with Crippen LogP contribution in [0.5, 0.6) is 0 Å². The molecular weight excluding hydrogens is 362 g/mol. The minimum atomic E-state index is -0.443. The van der Waals surface area contributed by atoms with Crippen LogP contribution in [-0.4, -0.2) is 53.4 Å². The molecule has 5 nitrogen and oxygen atoms in total. The fourth-order valence-electron chi connectivity index (χ4n) is 2.84. The van der Waals surface area contributed by atoms with Gasteiger partial charge in [-0.3, -0.25) is 9.69 Å². The Hall–Kier alpha value is -2.12.